The number of ketones is 1. The number of halogens is 1. The van der Waals surface area contributed by atoms with Gasteiger partial charge in [-0.15, -0.1) is 0 Å². The highest BCUT2D eigenvalue weighted by Gasteiger charge is 2.58. The number of aryl methyl sites for hydroxylation is 3. The van der Waals surface area contributed by atoms with Crippen LogP contribution >= 0.6 is 0 Å². The number of aliphatic hydroxyl groups excluding tert-OH is 2. The first-order valence-corrected chi connectivity index (χ1v) is 8.82. The Morgan fingerprint density at radius 2 is 1.76 bits per heavy atom. The Bertz CT molecular complexity index is 1050. The summed E-state index contributed by atoms with van der Waals surface area (Å²) < 4.78 is 21.2. The van der Waals surface area contributed by atoms with Crippen LogP contribution in [0.25, 0.3) is 0 Å². The highest BCUT2D eigenvalue weighted by molar-refractivity contribution is 6.04. The molecule has 1 aromatic heterocycles. The molecule has 1 aliphatic rings. The number of rotatable bonds is 4. The lowest BCUT2D eigenvalue weighted by Gasteiger charge is -2.27. The summed E-state index contributed by atoms with van der Waals surface area (Å²) in [5.74, 6) is -5.02. The van der Waals surface area contributed by atoms with E-state index in [0.29, 0.717) is 11.1 Å². The van der Waals surface area contributed by atoms with Gasteiger partial charge in [-0.2, -0.15) is 0 Å². The molecule has 2 aromatic rings. The minimum Gasteiger partial charge on any atom is -0.387 e. The van der Waals surface area contributed by atoms with Gasteiger partial charge < -0.3 is 20.1 Å². The van der Waals surface area contributed by atoms with Crippen LogP contribution in [0.3, 0.4) is 0 Å². The second kappa shape index (κ2) is 7.30. The zero-order valence-electron chi connectivity index (χ0n) is 15.9. The van der Waals surface area contributed by atoms with Crippen molar-refractivity contribution in [2.45, 2.75) is 51.2 Å². The third kappa shape index (κ3) is 3.55. The molecule has 29 heavy (non-hydrogen) atoms. The molecule has 9 nitrogen and oxygen atoms in total. The number of hydrogen-bond donors (Lipinski definition) is 4. The van der Waals surface area contributed by atoms with Gasteiger partial charge in [0.05, 0.1) is 0 Å². The quantitative estimate of drug-likeness (QED) is 0.505. The molecule has 0 spiro atoms. The van der Waals surface area contributed by atoms with Crippen molar-refractivity contribution in [3.8, 4) is 0 Å². The average molecular weight is 408 g/mol. The number of alkyl halides is 1. The Hall–Kier alpha value is -2.66. The third-order valence-electron chi connectivity index (χ3n) is 4.96. The largest absolute Gasteiger partial charge is 0.387 e. The van der Waals surface area contributed by atoms with Gasteiger partial charge in [0.25, 0.3) is 11.4 Å². The van der Waals surface area contributed by atoms with E-state index in [9.17, 15) is 29.7 Å². The van der Waals surface area contributed by atoms with E-state index in [1.807, 2.05) is 4.98 Å². The van der Waals surface area contributed by atoms with Crippen molar-refractivity contribution in [1.82, 2.24) is 9.55 Å². The first-order chi connectivity index (χ1) is 13.4. The second-order valence-electron chi connectivity index (χ2n) is 7.22. The first-order valence-electron chi connectivity index (χ1n) is 8.82. The molecule has 0 amide bonds. The molecule has 1 aromatic carbocycles. The monoisotopic (exact) mass is 408 g/mol. The van der Waals surface area contributed by atoms with Crippen molar-refractivity contribution in [3.63, 3.8) is 0 Å². The molecule has 3 rings (SSSR count). The molecule has 0 bridgehead atoms. The van der Waals surface area contributed by atoms with Crippen LogP contribution in [-0.4, -0.2) is 54.8 Å². The van der Waals surface area contributed by atoms with Crippen molar-refractivity contribution in [2.75, 3.05) is 0 Å². The molecule has 0 saturated carbocycles. The van der Waals surface area contributed by atoms with Gasteiger partial charge in [-0.1, -0.05) is 17.7 Å². The van der Waals surface area contributed by atoms with Gasteiger partial charge in [0.15, 0.2) is 12.3 Å². The highest BCUT2D eigenvalue weighted by atomic mass is 19.2. The van der Waals surface area contributed by atoms with E-state index in [4.69, 9.17) is 4.74 Å². The highest BCUT2D eigenvalue weighted by Crippen LogP contribution is 2.37. The van der Waals surface area contributed by atoms with Gasteiger partial charge in [0.2, 0.25) is 5.78 Å². The number of nitrogens with one attached hydrogen (secondary N) is 1. The first kappa shape index (κ1) is 21.1. The van der Waals surface area contributed by atoms with Crippen molar-refractivity contribution < 1.29 is 29.2 Å². The number of aromatic amines is 1. The maximum Gasteiger partial charge on any atom is 0.330 e. The molecule has 1 aliphatic heterocycles. The van der Waals surface area contributed by atoms with E-state index in [1.54, 1.807) is 32.9 Å². The summed E-state index contributed by atoms with van der Waals surface area (Å²) in [6.45, 7) is 4.95. The van der Waals surface area contributed by atoms with Crippen molar-refractivity contribution in [1.29, 1.82) is 0 Å². The van der Waals surface area contributed by atoms with E-state index in [-0.39, 0.29) is 5.56 Å². The van der Waals surface area contributed by atoms with Gasteiger partial charge in [-0.05, 0) is 31.9 Å². The SMILES string of the molecule is Cc1cc(C)c(C(=O)C(O)(F)[C@H]2O[C@@H](n3ccc(=O)[nH]c3=O)[C@H](O)[C@@H]2O)c(C)c1. The third-order valence-corrected chi connectivity index (χ3v) is 4.96. The molecule has 0 radical (unpaired) electrons. The van der Waals surface area contributed by atoms with Crippen LogP contribution in [0.5, 0.6) is 0 Å². The molecule has 2 heterocycles. The Labute approximate surface area is 164 Å². The van der Waals surface area contributed by atoms with Crippen LogP contribution < -0.4 is 11.2 Å². The Morgan fingerprint density at radius 3 is 2.31 bits per heavy atom. The fourth-order valence-corrected chi connectivity index (χ4v) is 3.68. The summed E-state index contributed by atoms with van der Waals surface area (Å²) in [7, 11) is 0. The Balaban J connectivity index is 1.98. The van der Waals surface area contributed by atoms with E-state index < -0.39 is 47.4 Å². The summed E-state index contributed by atoms with van der Waals surface area (Å²) in [6.07, 6.45) is -6.69. The van der Waals surface area contributed by atoms with Crippen LogP contribution in [0.15, 0.2) is 34.0 Å². The van der Waals surface area contributed by atoms with Crippen LogP contribution in [0.1, 0.15) is 33.3 Å². The molecule has 4 N–H and O–H groups in total. The van der Waals surface area contributed by atoms with Gasteiger partial charge in [0.1, 0.15) is 12.2 Å². The average Bonchev–Trinajstić information content (AvgIpc) is 2.90. The lowest BCUT2D eigenvalue weighted by atomic mass is 9.89. The van der Waals surface area contributed by atoms with E-state index in [2.05, 4.69) is 0 Å². The predicted molar refractivity (Wildman–Crippen MR) is 98.3 cm³/mol. The van der Waals surface area contributed by atoms with Crippen molar-refractivity contribution >= 4 is 5.78 Å². The van der Waals surface area contributed by atoms with E-state index in [0.717, 1.165) is 22.4 Å². The summed E-state index contributed by atoms with van der Waals surface area (Å²) in [5, 5.41) is 30.8. The van der Waals surface area contributed by atoms with Gasteiger partial charge >= 0.3 is 5.69 Å². The lowest BCUT2D eigenvalue weighted by Crippen LogP contribution is -2.51. The lowest BCUT2D eigenvalue weighted by molar-refractivity contribution is -0.178. The number of aliphatic hydroxyl groups is 3. The molecular weight excluding hydrogens is 387 g/mol. The zero-order chi connectivity index (χ0) is 21.7. The predicted octanol–water partition coefficient (Wildman–Crippen LogP) is -0.378. The summed E-state index contributed by atoms with van der Waals surface area (Å²) in [5.41, 5.74) is -0.0821. The fraction of sp³-hybridized carbons (Fsp3) is 0.421. The van der Waals surface area contributed by atoms with E-state index in [1.165, 1.54) is 0 Å². The van der Waals surface area contributed by atoms with Crippen LogP contribution in [0, 0.1) is 20.8 Å². The number of aromatic nitrogens is 2. The maximum atomic E-state index is 15.3. The van der Waals surface area contributed by atoms with Gasteiger partial charge in [-0.25, -0.2) is 9.18 Å². The Kier molecular flexibility index (Phi) is 5.30. The molecular formula is C19H21FN2O7. The molecule has 10 heteroatoms. The number of Topliss-reactive ketones (excluding diaryl/α,β-unsaturated/α-hetero) is 1. The summed E-state index contributed by atoms with van der Waals surface area (Å²) >= 11 is 0. The molecule has 0 aliphatic carbocycles. The molecule has 1 fully saturated rings. The Morgan fingerprint density at radius 1 is 1.17 bits per heavy atom. The summed E-state index contributed by atoms with van der Waals surface area (Å²) in [4.78, 5) is 37.8. The number of ether oxygens (including phenoxy) is 1. The number of hydrogen-bond acceptors (Lipinski definition) is 7. The van der Waals surface area contributed by atoms with Crippen LogP contribution in [0.4, 0.5) is 4.39 Å². The van der Waals surface area contributed by atoms with Gasteiger partial charge in [0, 0.05) is 17.8 Å². The number of carbonyl (C=O) groups excluding carboxylic acids is 1. The zero-order valence-corrected chi connectivity index (χ0v) is 15.9. The van der Waals surface area contributed by atoms with Crippen LogP contribution in [0.2, 0.25) is 0 Å². The number of H-pyrrole nitrogens is 1. The minimum absolute atomic E-state index is 0.0736. The molecule has 156 valence electrons. The minimum atomic E-state index is -3.69. The molecule has 1 saturated heterocycles. The molecule has 1 unspecified atom stereocenters. The maximum absolute atomic E-state index is 15.3. The van der Waals surface area contributed by atoms with Gasteiger partial charge in [-0.3, -0.25) is 19.1 Å². The smallest absolute Gasteiger partial charge is 0.330 e. The summed E-state index contributed by atoms with van der Waals surface area (Å²) in [6, 6.07) is 4.24. The van der Waals surface area contributed by atoms with Crippen molar-refractivity contribution in [2.24, 2.45) is 0 Å². The number of nitrogens with zero attached hydrogens (tertiary/aromatic N) is 1. The number of benzene rings is 1. The standard InChI is InChI=1S/C19H21FN2O7/c1-8-6-9(2)12(10(3)7-8)15(26)19(20,28)16-13(24)14(25)17(29-16)22-5-4-11(23)21-18(22)27/h4-7,13-14,16-17,24-25,28H,1-3H3,(H,21,23,27)/t13-,14+,16-,17+,19?/m0/s1. The van der Waals surface area contributed by atoms with Crippen molar-refractivity contribution in [3.05, 3.63) is 67.5 Å². The topological polar surface area (TPSA) is 142 Å². The second-order valence-corrected chi connectivity index (χ2v) is 7.22. The molecule has 5 atom stereocenters. The van der Waals surface area contributed by atoms with Crippen LogP contribution in [-0.2, 0) is 4.74 Å². The fourth-order valence-electron chi connectivity index (χ4n) is 3.68. The van der Waals surface area contributed by atoms with E-state index >= 15 is 4.39 Å². The number of carbonyl (C=O) groups is 1. The normalized spacial score (nSPS) is 26.3.